The Hall–Kier alpha value is -3.19. The van der Waals surface area contributed by atoms with Crippen LogP contribution in [-0.2, 0) is 0 Å². The van der Waals surface area contributed by atoms with Crippen molar-refractivity contribution in [3.8, 4) is 0 Å². The minimum atomic E-state index is -0.348. The lowest BCUT2D eigenvalue weighted by Crippen LogP contribution is -2.44. The molecule has 1 saturated heterocycles. The molecule has 0 amide bonds. The van der Waals surface area contributed by atoms with Crippen molar-refractivity contribution in [1.29, 1.82) is 0 Å². The molecule has 0 radical (unpaired) electrons. The van der Waals surface area contributed by atoms with Gasteiger partial charge in [0.1, 0.15) is 17.1 Å². The molecule has 7 heteroatoms. The molecule has 1 fully saturated rings. The number of piperazine rings is 1. The number of carbonyl (C=O) groups is 2. The Balaban J connectivity index is 1.60. The quantitative estimate of drug-likeness (QED) is 0.510. The average Bonchev–Trinajstić information content (AvgIpc) is 2.71. The van der Waals surface area contributed by atoms with Gasteiger partial charge in [-0.1, -0.05) is 0 Å². The molecular weight excluding hydrogens is 342 g/mol. The Morgan fingerprint density at radius 3 is 2.41 bits per heavy atom. The van der Waals surface area contributed by atoms with Gasteiger partial charge in [0.05, 0.1) is 16.6 Å². The molecule has 5 rings (SSSR count). The van der Waals surface area contributed by atoms with Gasteiger partial charge in [0.25, 0.3) is 0 Å². The molecule has 0 unspecified atom stereocenters. The third-order valence-corrected chi connectivity index (χ3v) is 5.21. The van der Waals surface area contributed by atoms with Crippen LogP contribution in [-0.4, -0.2) is 64.6 Å². The van der Waals surface area contributed by atoms with E-state index in [1.807, 2.05) is 18.2 Å². The van der Waals surface area contributed by atoms with E-state index in [2.05, 4.69) is 31.8 Å². The number of carbonyl (C=O) groups excluding carboxylic acids is 2. The van der Waals surface area contributed by atoms with Crippen molar-refractivity contribution in [1.82, 2.24) is 19.9 Å². The smallest absolute Gasteiger partial charge is 0.232 e. The molecule has 1 aliphatic heterocycles. The van der Waals surface area contributed by atoms with Gasteiger partial charge in [-0.05, 0) is 37.4 Å². The standard InChI is InChI=1S/C20H17N5O2/c1-24-7-9-25(10-8-24)12-4-5-14-15(11-12)23-18-17(22-14)19(26)13-3-2-6-21-16(13)20(18)27/h2-6,11H,7-10H2,1H3. The molecule has 0 spiro atoms. The molecular formula is C20H17N5O2. The van der Waals surface area contributed by atoms with E-state index in [0.29, 0.717) is 11.0 Å². The van der Waals surface area contributed by atoms with Crippen LogP contribution in [0.4, 0.5) is 5.69 Å². The fourth-order valence-corrected chi connectivity index (χ4v) is 3.63. The maximum atomic E-state index is 12.8. The molecule has 1 aromatic carbocycles. The number of fused-ring (bicyclic) bond motifs is 3. The minimum absolute atomic E-state index is 0.0919. The van der Waals surface area contributed by atoms with Crippen molar-refractivity contribution in [3.05, 3.63) is 59.2 Å². The summed E-state index contributed by atoms with van der Waals surface area (Å²) in [6.07, 6.45) is 1.51. The van der Waals surface area contributed by atoms with Gasteiger partial charge < -0.3 is 9.80 Å². The third kappa shape index (κ3) is 2.50. The zero-order valence-corrected chi connectivity index (χ0v) is 14.8. The molecule has 7 nitrogen and oxygen atoms in total. The van der Waals surface area contributed by atoms with E-state index in [-0.39, 0.29) is 34.2 Å². The normalized spacial score (nSPS) is 17.1. The van der Waals surface area contributed by atoms with Gasteiger partial charge in [0, 0.05) is 38.1 Å². The zero-order valence-electron chi connectivity index (χ0n) is 14.8. The summed E-state index contributed by atoms with van der Waals surface area (Å²) in [6, 6.07) is 9.06. The highest BCUT2D eigenvalue weighted by atomic mass is 16.1. The molecule has 3 aromatic rings. The number of nitrogens with zero attached hydrogens (tertiary/aromatic N) is 5. The maximum absolute atomic E-state index is 12.8. The van der Waals surface area contributed by atoms with Crippen molar-refractivity contribution in [2.75, 3.05) is 38.1 Å². The van der Waals surface area contributed by atoms with Gasteiger partial charge in [-0.3, -0.25) is 14.6 Å². The van der Waals surface area contributed by atoms with E-state index in [1.165, 1.54) is 6.20 Å². The summed E-state index contributed by atoms with van der Waals surface area (Å²) < 4.78 is 0. The molecule has 0 bridgehead atoms. The summed E-state index contributed by atoms with van der Waals surface area (Å²) in [5.41, 5.74) is 2.93. The number of hydrogen-bond acceptors (Lipinski definition) is 7. The highest BCUT2D eigenvalue weighted by molar-refractivity contribution is 6.26. The Kier molecular flexibility index (Phi) is 3.51. The number of pyridine rings is 1. The van der Waals surface area contributed by atoms with Gasteiger partial charge in [0.15, 0.2) is 0 Å². The Morgan fingerprint density at radius 2 is 1.59 bits per heavy atom. The molecule has 2 aromatic heterocycles. The van der Waals surface area contributed by atoms with Crippen LogP contribution in [0, 0.1) is 0 Å². The first-order chi connectivity index (χ1) is 13.1. The Bertz CT molecular complexity index is 1100. The van der Waals surface area contributed by atoms with E-state index < -0.39 is 0 Å². The second-order valence-corrected chi connectivity index (χ2v) is 6.94. The van der Waals surface area contributed by atoms with Gasteiger partial charge in [-0.2, -0.15) is 0 Å². The topological polar surface area (TPSA) is 79.3 Å². The fourth-order valence-electron chi connectivity index (χ4n) is 3.63. The summed E-state index contributed by atoms with van der Waals surface area (Å²) in [5, 5.41) is 0. The molecule has 27 heavy (non-hydrogen) atoms. The summed E-state index contributed by atoms with van der Waals surface area (Å²) in [5.74, 6) is -0.648. The van der Waals surface area contributed by atoms with Crippen molar-refractivity contribution in [2.45, 2.75) is 0 Å². The fraction of sp³-hybridized carbons (Fsp3) is 0.250. The Labute approximate surface area is 155 Å². The van der Waals surface area contributed by atoms with E-state index in [0.717, 1.165) is 31.9 Å². The first-order valence-electron chi connectivity index (χ1n) is 8.91. The van der Waals surface area contributed by atoms with E-state index in [1.54, 1.807) is 12.1 Å². The molecule has 134 valence electrons. The minimum Gasteiger partial charge on any atom is -0.369 e. The summed E-state index contributed by atoms with van der Waals surface area (Å²) in [7, 11) is 2.12. The number of ketones is 2. The highest BCUT2D eigenvalue weighted by Crippen LogP contribution is 2.27. The van der Waals surface area contributed by atoms with Crippen molar-refractivity contribution in [3.63, 3.8) is 0 Å². The van der Waals surface area contributed by atoms with E-state index in [9.17, 15) is 9.59 Å². The van der Waals surface area contributed by atoms with Gasteiger partial charge >= 0.3 is 0 Å². The van der Waals surface area contributed by atoms with Crippen LogP contribution in [0.1, 0.15) is 32.2 Å². The van der Waals surface area contributed by atoms with Crippen molar-refractivity contribution in [2.24, 2.45) is 0 Å². The maximum Gasteiger partial charge on any atom is 0.232 e. The van der Waals surface area contributed by atoms with Gasteiger partial charge in [-0.25, -0.2) is 9.97 Å². The molecule has 0 N–H and O–H groups in total. The van der Waals surface area contributed by atoms with E-state index in [4.69, 9.17) is 0 Å². The predicted octanol–water partition coefficient (Wildman–Crippen LogP) is 1.55. The number of anilines is 1. The van der Waals surface area contributed by atoms with Crippen LogP contribution >= 0.6 is 0 Å². The predicted molar refractivity (Wildman–Crippen MR) is 100 cm³/mol. The summed E-state index contributed by atoms with van der Waals surface area (Å²) >= 11 is 0. The number of aromatic nitrogens is 3. The van der Waals surface area contributed by atoms with Crippen molar-refractivity contribution < 1.29 is 9.59 Å². The summed E-state index contributed by atoms with van der Waals surface area (Å²) in [4.78, 5) is 43.2. The highest BCUT2D eigenvalue weighted by Gasteiger charge is 2.33. The average molecular weight is 359 g/mol. The van der Waals surface area contributed by atoms with Crippen LogP contribution in [0.25, 0.3) is 11.0 Å². The lowest BCUT2D eigenvalue weighted by Gasteiger charge is -2.34. The second kappa shape index (κ2) is 5.92. The molecule has 1 aliphatic carbocycles. The molecule has 2 aliphatic rings. The first kappa shape index (κ1) is 16.0. The summed E-state index contributed by atoms with van der Waals surface area (Å²) in [6.45, 7) is 3.89. The number of hydrogen-bond donors (Lipinski definition) is 0. The largest absolute Gasteiger partial charge is 0.369 e. The van der Waals surface area contributed by atoms with E-state index >= 15 is 0 Å². The van der Waals surface area contributed by atoms with Crippen LogP contribution in [0.2, 0.25) is 0 Å². The molecule has 0 saturated carbocycles. The monoisotopic (exact) mass is 359 g/mol. The van der Waals surface area contributed by atoms with Crippen LogP contribution < -0.4 is 4.90 Å². The van der Waals surface area contributed by atoms with Crippen molar-refractivity contribution >= 4 is 28.3 Å². The molecule has 3 heterocycles. The lowest BCUT2D eigenvalue weighted by molar-refractivity contribution is 0.0968. The number of benzene rings is 1. The second-order valence-electron chi connectivity index (χ2n) is 6.94. The molecule has 0 atom stereocenters. The van der Waals surface area contributed by atoms with Crippen LogP contribution in [0.3, 0.4) is 0 Å². The zero-order chi connectivity index (χ0) is 18.5. The number of rotatable bonds is 1. The van der Waals surface area contributed by atoms with Gasteiger partial charge in [-0.15, -0.1) is 0 Å². The number of likely N-dealkylation sites (N-methyl/N-ethyl adjacent to an activating group) is 1. The first-order valence-corrected chi connectivity index (χ1v) is 8.91. The lowest BCUT2D eigenvalue weighted by atomic mass is 9.93. The SMILES string of the molecule is CN1CCN(c2ccc3nc4c(nc3c2)C(=O)c2ncccc2C4=O)CC1. The van der Waals surface area contributed by atoms with Crippen LogP contribution in [0.5, 0.6) is 0 Å². The van der Waals surface area contributed by atoms with Crippen LogP contribution in [0.15, 0.2) is 36.5 Å². The Morgan fingerprint density at radius 1 is 0.852 bits per heavy atom. The van der Waals surface area contributed by atoms with Gasteiger partial charge in [0.2, 0.25) is 11.6 Å². The third-order valence-electron chi connectivity index (χ3n) is 5.21.